The molecule has 0 aliphatic heterocycles. The molecule has 2 unspecified atom stereocenters. The third-order valence-corrected chi connectivity index (χ3v) is 17.9. The highest BCUT2D eigenvalue weighted by Crippen LogP contribution is 2.49. The Morgan fingerprint density at radius 3 is 2.08 bits per heavy atom. The van der Waals surface area contributed by atoms with Gasteiger partial charge in [-0.1, -0.05) is 153 Å². The third kappa shape index (κ3) is 6.30. The molecular weight excluding hydrogens is 903 g/mol. The van der Waals surface area contributed by atoms with Crippen molar-refractivity contribution in [2.75, 3.05) is 0 Å². The zero-order valence-corrected chi connectivity index (χ0v) is 40.9. The number of fused-ring (bicyclic) bond motifs is 13. The first-order chi connectivity index (χ1) is 35.0. The molecule has 71 heavy (non-hydrogen) atoms. The van der Waals surface area contributed by atoms with Crippen LogP contribution in [-0.2, 0) is 12.8 Å². The molecular formula is C65H45N3OS2. The van der Waals surface area contributed by atoms with Gasteiger partial charge in [0.1, 0.15) is 11.2 Å². The minimum absolute atomic E-state index is 0.379. The zero-order chi connectivity index (χ0) is 46.9. The summed E-state index contributed by atoms with van der Waals surface area (Å²) in [7, 11) is 0. The van der Waals surface area contributed by atoms with E-state index in [4.69, 9.17) is 19.4 Å². The molecule has 2 atom stereocenters. The SMILES string of the molecule is CC1C=Cc2sc3c(c2C1)CCC=C3c1nc(-c2cccc3c(-c4ccc(-c5cccc6sc7ccccc7c56)c5oc6ccccc6c45)cccc23)nc(-c2cc3c(c4ccccc24)C=CCC3C)n1. The van der Waals surface area contributed by atoms with E-state index >= 15 is 0 Å². The molecule has 0 saturated carbocycles. The predicted molar refractivity (Wildman–Crippen MR) is 300 cm³/mol. The quantitative estimate of drug-likeness (QED) is 0.172. The highest BCUT2D eigenvalue weighted by molar-refractivity contribution is 7.26. The number of thiophene rings is 2. The van der Waals surface area contributed by atoms with Gasteiger partial charge in [0.05, 0.1) is 0 Å². The number of para-hydroxylation sites is 1. The smallest absolute Gasteiger partial charge is 0.165 e. The highest BCUT2D eigenvalue weighted by atomic mass is 32.1. The van der Waals surface area contributed by atoms with E-state index in [1.54, 1.807) is 0 Å². The average Bonchev–Trinajstić information content (AvgIpc) is 4.12. The van der Waals surface area contributed by atoms with Crippen LogP contribution in [0.5, 0.6) is 0 Å². The van der Waals surface area contributed by atoms with Crippen LogP contribution in [0.4, 0.5) is 0 Å². The van der Waals surface area contributed by atoms with Crippen LogP contribution < -0.4 is 0 Å². The second-order valence-corrected chi connectivity index (χ2v) is 21.8. The van der Waals surface area contributed by atoms with E-state index in [1.807, 2.05) is 22.7 Å². The van der Waals surface area contributed by atoms with Crippen molar-refractivity contribution in [3.8, 4) is 45.0 Å². The summed E-state index contributed by atoms with van der Waals surface area (Å²) in [6.07, 6.45) is 15.8. The lowest BCUT2D eigenvalue weighted by molar-refractivity contribution is 0.670. The van der Waals surface area contributed by atoms with Gasteiger partial charge in [-0.3, -0.25) is 0 Å². The van der Waals surface area contributed by atoms with Crippen molar-refractivity contribution in [2.24, 2.45) is 5.92 Å². The Bertz CT molecular complexity index is 4350. The molecule has 3 aliphatic rings. The Hall–Kier alpha value is -7.77. The molecule has 338 valence electrons. The molecule has 3 aliphatic carbocycles. The van der Waals surface area contributed by atoms with Crippen LogP contribution in [0.15, 0.2) is 168 Å². The topological polar surface area (TPSA) is 51.8 Å². The third-order valence-electron chi connectivity index (χ3n) is 15.4. The number of nitrogens with zero attached hydrogens (tertiary/aromatic N) is 3. The molecule has 0 saturated heterocycles. The monoisotopic (exact) mass is 947 g/mol. The normalized spacial score (nSPS) is 16.3. The Labute approximate surface area is 419 Å². The van der Waals surface area contributed by atoms with Crippen molar-refractivity contribution in [2.45, 2.75) is 45.4 Å². The molecule has 4 nitrogen and oxygen atoms in total. The molecule has 6 heteroatoms. The maximum Gasteiger partial charge on any atom is 0.165 e. The summed E-state index contributed by atoms with van der Waals surface area (Å²) in [6, 6.07) is 53.0. The summed E-state index contributed by atoms with van der Waals surface area (Å²) in [6.45, 7) is 4.66. The van der Waals surface area contributed by atoms with Crippen LogP contribution in [0, 0.1) is 5.92 Å². The summed E-state index contributed by atoms with van der Waals surface area (Å²) in [4.78, 5) is 19.3. The van der Waals surface area contributed by atoms with E-state index in [2.05, 4.69) is 190 Å². The van der Waals surface area contributed by atoms with Gasteiger partial charge in [0.15, 0.2) is 17.5 Å². The minimum atomic E-state index is 0.379. The molecule has 12 aromatic rings. The van der Waals surface area contributed by atoms with Crippen LogP contribution in [-0.4, -0.2) is 15.0 Å². The van der Waals surface area contributed by atoms with Gasteiger partial charge in [0.25, 0.3) is 0 Å². The van der Waals surface area contributed by atoms with Crippen molar-refractivity contribution < 1.29 is 4.42 Å². The molecule has 0 fully saturated rings. The standard InChI is InChI=1S/C65H45N3OS2/c1-36-30-33-57-53(34-36)47-24-12-26-51(62(47)71-57)64-66-63(67-65(68-64)54-35-52-37(2)14-9-19-42(52)38-15-3-4-16-43(38)54)48-25-11-20-39-40(21-10-22-41(39)48)45-31-32-46(61-60(45)49-17-5-7-27-55(49)69-61)44-23-13-29-58-59(44)50-18-6-8-28-56(50)70-58/h3-11,13,15-23,25-33,35-37H,12,14,24,34H2,1-2H3. The molecule has 0 bridgehead atoms. The van der Waals surface area contributed by atoms with Crippen LogP contribution >= 0.6 is 22.7 Å². The number of benzene rings is 8. The number of hydrogen-bond acceptors (Lipinski definition) is 6. The lowest BCUT2D eigenvalue weighted by atomic mass is 9.83. The van der Waals surface area contributed by atoms with Crippen LogP contribution in [0.3, 0.4) is 0 Å². The molecule has 15 rings (SSSR count). The Balaban J connectivity index is 0.954. The van der Waals surface area contributed by atoms with Crippen molar-refractivity contribution in [3.05, 3.63) is 202 Å². The number of hydrogen-bond donors (Lipinski definition) is 0. The molecule has 8 aromatic carbocycles. The second-order valence-electron chi connectivity index (χ2n) is 19.7. The van der Waals surface area contributed by atoms with Gasteiger partial charge in [0, 0.05) is 63.0 Å². The van der Waals surface area contributed by atoms with Gasteiger partial charge in [-0.25, -0.2) is 15.0 Å². The van der Waals surface area contributed by atoms with Crippen LogP contribution in [0.1, 0.15) is 70.4 Å². The van der Waals surface area contributed by atoms with Gasteiger partial charge in [-0.15, -0.1) is 22.7 Å². The maximum atomic E-state index is 6.96. The predicted octanol–water partition coefficient (Wildman–Crippen LogP) is 18.3. The fourth-order valence-electron chi connectivity index (χ4n) is 12.1. The summed E-state index contributed by atoms with van der Waals surface area (Å²) in [5.41, 5.74) is 15.1. The van der Waals surface area contributed by atoms with Crippen LogP contribution in [0.2, 0.25) is 0 Å². The first kappa shape index (κ1) is 41.1. The van der Waals surface area contributed by atoms with Crippen molar-refractivity contribution in [3.63, 3.8) is 0 Å². The van der Waals surface area contributed by atoms with E-state index in [0.29, 0.717) is 23.5 Å². The lowest BCUT2D eigenvalue weighted by Gasteiger charge is -2.22. The lowest BCUT2D eigenvalue weighted by Crippen LogP contribution is -2.09. The highest BCUT2D eigenvalue weighted by Gasteiger charge is 2.29. The largest absolute Gasteiger partial charge is 0.455 e. The number of allylic oxidation sites excluding steroid dienone is 3. The summed E-state index contributed by atoms with van der Waals surface area (Å²) >= 11 is 3.75. The maximum absolute atomic E-state index is 6.96. The first-order valence-electron chi connectivity index (χ1n) is 24.9. The minimum Gasteiger partial charge on any atom is -0.455 e. The van der Waals surface area contributed by atoms with Gasteiger partial charge in [-0.2, -0.15) is 0 Å². The average molecular weight is 948 g/mol. The van der Waals surface area contributed by atoms with E-state index in [-0.39, 0.29) is 0 Å². The van der Waals surface area contributed by atoms with Gasteiger partial charge in [-0.05, 0) is 134 Å². The summed E-state index contributed by atoms with van der Waals surface area (Å²) in [5.74, 6) is 3.03. The fraction of sp³-hybridized carbons (Fsp3) is 0.123. The fourth-order valence-corrected chi connectivity index (χ4v) is 14.6. The van der Waals surface area contributed by atoms with E-state index < -0.39 is 0 Å². The molecule has 0 N–H and O–H groups in total. The van der Waals surface area contributed by atoms with Crippen molar-refractivity contribution in [1.29, 1.82) is 0 Å². The van der Waals surface area contributed by atoms with E-state index in [9.17, 15) is 0 Å². The van der Waals surface area contributed by atoms with Crippen molar-refractivity contribution in [1.82, 2.24) is 15.0 Å². The second kappa shape index (κ2) is 15.9. The number of aromatic nitrogens is 3. The molecule has 0 spiro atoms. The Morgan fingerprint density at radius 1 is 0.535 bits per heavy atom. The molecule has 4 aromatic heterocycles. The van der Waals surface area contributed by atoms with Gasteiger partial charge < -0.3 is 4.42 Å². The van der Waals surface area contributed by atoms with E-state index in [0.717, 1.165) is 103 Å². The number of furan rings is 1. The van der Waals surface area contributed by atoms with Crippen molar-refractivity contribution >= 4 is 104 Å². The van der Waals surface area contributed by atoms with Crippen LogP contribution in [0.25, 0.3) is 126 Å². The summed E-state index contributed by atoms with van der Waals surface area (Å²) < 4.78 is 9.53. The Morgan fingerprint density at radius 2 is 1.20 bits per heavy atom. The first-order valence-corrected chi connectivity index (χ1v) is 26.6. The van der Waals surface area contributed by atoms with Gasteiger partial charge in [0.2, 0.25) is 0 Å². The van der Waals surface area contributed by atoms with Gasteiger partial charge >= 0.3 is 0 Å². The Kier molecular flexibility index (Phi) is 9.18. The van der Waals surface area contributed by atoms with E-state index in [1.165, 1.54) is 63.1 Å². The molecule has 0 amide bonds. The zero-order valence-electron chi connectivity index (χ0n) is 39.3. The molecule has 4 heterocycles. The molecule has 0 radical (unpaired) electrons. The number of rotatable bonds is 5. The summed E-state index contributed by atoms with van der Waals surface area (Å²) in [5, 5.41) is 9.37.